The smallest absolute Gasteiger partial charge is 0.356 e. The second-order valence-electron chi connectivity index (χ2n) is 3.32. The van der Waals surface area contributed by atoms with Crippen LogP contribution in [0.4, 0.5) is 0 Å². The Bertz CT molecular complexity index is 300. The molecule has 0 bridgehead atoms. The maximum Gasteiger partial charge on any atom is 0.356 e. The fourth-order valence-corrected chi connectivity index (χ4v) is 1.10. The predicted molar refractivity (Wildman–Crippen MR) is 60.2 cm³/mol. The summed E-state index contributed by atoms with van der Waals surface area (Å²) in [5.41, 5.74) is 0.330. The van der Waals surface area contributed by atoms with Crippen molar-refractivity contribution in [2.75, 3.05) is 19.8 Å². The molecule has 1 aromatic rings. The van der Waals surface area contributed by atoms with Crippen LogP contribution in [0.1, 0.15) is 30.3 Å². The Kier molecular flexibility index (Phi) is 6.18. The monoisotopic (exact) mass is 223 g/mol. The molecule has 0 radical (unpaired) electrons. The average Bonchev–Trinajstić information content (AvgIpc) is 2.34. The molecule has 0 saturated carbocycles. The first-order valence-electron chi connectivity index (χ1n) is 5.50. The summed E-state index contributed by atoms with van der Waals surface area (Å²) < 4.78 is 10.2. The van der Waals surface area contributed by atoms with Gasteiger partial charge in [-0.15, -0.1) is 0 Å². The standard InChI is InChI=1S/C12H17NO3/c1-2-3-8-15-9-10-16-12(14)11-6-4-5-7-13-11/h4-7H,2-3,8-10H2,1H3. The summed E-state index contributed by atoms with van der Waals surface area (Å²) in [5.74, 6) is -0.403. The summed E-state index contributed by atoms with van der Waals surface area (Å²) in [6, 6.07) is 5.13. The minimum atomic E-state index is -0.403. The van der Waals surface area contributed by atoms with E-state index in [4.69, 9.17) is 9.47 Å². The molecule has 0 aliphatic heterocycles. The van der Waals surface area contributed by atoms with Gasteiger partial charge in [-0.25, -0.2) is 9.78 Å². The van der Waals surface area contributed by atoms with Crippen LogP contribution in [0, 0.1) is 0 Å². The van der Waals surface area contributed by atoms with E-state index in [1.54, 1.807) is 24.4 Å². The fraction of sp³-hybridized carbons (Fsp3) is 0.500. The van der Waals surface area contributed by atoms with Gasteiger partial charge in [-0.05, 0) is 18.6 Å². The van der Waals surface area contributed by atoms with Crippen LogP contribution in [0.25, 0.3) is 0 Å². The van der Waals surface area contributed by atoms with Crippen molar-refractivity contribution >= 4 is 5.97 Å². The molecule has 1 heterocycles. The summed E-state index contributed by atoms with van der Waals surface area (Å²) in [5, 5.41) is 0. The van der Waals surface area contributed by atoms with Crippen LogP contribution >= 0.6 is 0 Å². The third-order valence-corrected chi connectivity index (χ3v) is 1.98. The van der Waals surface area contributed by atoms with Gasteiger partial charge in [0.25, 0.3) is 0 Å². The lowest BCUT2D eigenvalue weighted by molar-refractivity contribution is 0.0308. The number of aromatic nitrogens is 1. The molecule has 0 aliphatic rings. The highest BCUT2D eigenvalue weighted by Crippen LogP contribution is 1.96. The molecule has 0 saturated heterocycles. The van der Waals surface area contributed by atoms with Gasteiger partial charge in [0.15, 0.2) is 0 Å². The van der Waals surface area contributed by atoms with Gasteiger partial charge in [0.05, 0.1) is 6.61 Å². The number of esters is 1. The molecular formula is C12H17NO3. The largest absolute Gasteiger partial charge is 0.459 e. The van der Waals surface area contributed by atoms with Crippen LogP contribution in [-0.2, 0) is 9.47 Å². The van der Waals surface area contributed by atoms with Crippen LogP contribution in [0.3, 0.4) is 0 Å². The van der Waals surface area contributed by atoms with Crippen LogP contribution in [0.5, 0.6) is 0 Å². The summed E-state index contributed by atoms with van der Waals surface area (Å²) in [6.07, 6.45) is 3.70. The Labute approximate surface area is 95.6 Å². The van der Waals surface area contributed by atoms with E-state index in [-0.39, 0.29) is 6.61 Å². The summed E-state index contributed by atoms with van der Waals surface area (Å²) in [4.78, 5) is 15.3. The Morgan fingerprint density at radius 1 is 1.31 bits per heavy atom. The van der Waals surface area contributed by atoms with E-state index >= 15 is 0 Å². The third kappa shape index (κ3) is 4.89. The van der Waals surface area contributed by atoms with Gasteiger partial charge in [0.1, 0.15) is 12.3 Å². The number of rotatable bonds is 7. The summed E-state index contributed by atoms with van der Waals surface area (Å²) in [6.45, 7) is 3.54. The van der Waals surface area contributed by atoms with Gasteiger partial charge >= 0.3 is 5.97 Å². The molecule has 0 atom stereocenters. The van der Waals surface area contributed by atoms with Crippen molar-refractivity contribution in [2.45, 2.75) is 19.8 Å². The number of hydrogen-bond donors (Lipinski definition) is 0. The molecule has 88 valence electrons. The minimum Gasteiger partial charge on any atom is -0.459 e. The highest BCUT2D eigenvalue weighted by atomic mass is 16.6. The Morgan fingerprint density at radius 3 is 2.88 bits per heavy atom. The summed E-state index contributed by atoms with van der Waals surface area (Å²) in [7, 11) is 0. The number of carbonyl (C=O) groups excluding carboxylic acids is 1. The molecule has 16 heavy (non-hydrogen) atoms. The van der Waals surface area contributed by atoms with E-state index in [2.05, 4.69) is 11.9 Å². The Hall–Kier alpha value is -1.42. The fourth-order valence-electron chi connectivity index (χ4n) is 1.10. The number of nitrogens with zero attached hydrogens (tertiary/aromatic N) is 1. The number of carbonyl (C=O) groups is 1. The van der Waals surface area contributed by atoms with Crippen molar-refractivity contribution in [3.63, 3.8) is 0 Å². The Morgan fingerprint density at radius 2 is 2.19 bits per heavy atom. The third-order valence-electron chi connectivity index (χ3n) is 1.98. The van der Waals surface area contributed by atoms with Gasteiger partial charge in [0.2, 0.25) is 0 Å². The molecule has 0 fully saturated rings. The van der Waals surface area contributed by atoms with Gasteiger partial charge in [-0.3, -0.25) is 0 Å². The number of unbranched alkanes of at least 4 members (excludes halogenated alkanes) is 1. The second kappa shape index (κ2) is 7.82. The van der Waals surface area contributed by atoms with Crippen molar-refractivity contribution in [2.24, 2.45) is 0 Å². The topological polar surface area (TPSA) is 48.4 Å². The van der Waals surface area contributed by atoms with Crippen LogP contribution in [-0.4, -0.2) is 30.8 Å². The minimum absolute atomic E-state index is 0.277. The van der Waals surface area contributed by atoms with E-state index < -0.39 is 5.97 Å². The number of pyridine rings is 1. The van der Waals surface area contributed by atoms with E-state index in [1.807, 2.05) is 0 Å². The SMILES string of the molecule is CCCCOCCOC(=O)c1ccccn1. The molecular weight excluding hydrogens is 206 g/mol. The maximum atomic E-state index is 11.4. The molecule has 4 nitrogen and oxygen atoms in total. The molecule has 1 rings (SSSR count). The zero-order valence-corrected chi connectivity index (χ0v) is 9.52. The van der Waals surface area contributed by atoms with E-state index in [9.17, 15) is 4.79 Å². The van der Waals surface area contributed by atoms with Gasteiger partial charge in [0, 0.05) is 12.8 Å². The first-order valence-corrected chi connectivity index (χ1v) is 5.50. The molecule has 4 heteroatoms. The van der Waals surface area contributed by atoms with Crippen LogP contribution < -0.4 is 0 Å². The quantitative estimate of drug-likeness (QED) is 0.524. The molecule has 0 N–H and O–H groups in total. The van der Waals surface area contributed by atoms with Crippen LogP contribution in [0.15, 0.2) is 24.4 Å². The lowest BCUT2D eigenvalue weighted by atomic mass is 10.3. The van der Waals surface area contributed by atoms with Gasteiger partial charge in [-0.1, -0.05) is 19.4 Å². The van der Waals surface area contributed by atoms with Crippen LogP contribution in [0.2, 0.25) is 0 Å². The second-order valence-corrected chi connectivity index (χ2v) is 3.32. The number of hydrogen-bond acceptors (Lipinski definition) is 4. The van der Waals surface area contributed by atoms with Crippen molar-refractivity contribution in [3.8, 4) is 0 Å². The first kappa shape index (κ1) is 12.6. The zero-order chi connectivity index (χ0) is 11.6. The maximum absolute atomic E-state index is 11.4. The average molecular weight is 223 g/mol. The molecule has 0 spiro atoms. The Balaban J connectivity index is 2.12. The lowest BCUT2D eigenvalue weighted by Crippen LogP contribution is -2.12. The van der Waals surface area contributed by atoms with Crippen molar-refractivity contribution < 1.29 is 14.3 Å². The van der Waals surface area contributed by atoms with E-state index in [1.165, 1.54) is 0 Å². The zero-order valence-electron chi connectivity index (χ0n) is 9.52. The normalized spacial score (nSPS) is 10.1. The summed E-state index contributed by atoms with van der Waals surface area (Å²) >= 11 is 0. The molecule has 0 unspecified atom stereocenters. The van der Waals surface area contributed by atoms with Crippen molar-refractivity contribution in [1.29, 1.82) is 0 Å². The molecule has 1 aromatic heterocycles. The van der Waals surface area contributed by atoms with Crippen molar-refractivity contribution in [3.05, 3.63) is 30.1 Å². The highest BCUT2D eigenvalue weighted by molar-refractivity contribution is 5.87. The molecule has 0 aliphatic carbocycles. The predicted octanol–water partition coefficient (Wildman–Crippen LogP) is 2.06. The van der Waals surface area contributed by atoms with E-state index in [0.29, 0.717) is 12.3 Å². The first-order chi connectivity index (χ1) is 7.84. The molecule has 0 amide bonds. The number of ether oxygens (including phenoxy) is 2. The highest BCUT2D eigenvalue weighted by Gasteiger charge is 2.06. The van der Waals surface area contributed by atoms with Gasteiger partial charge in [-0.2, -0.15) is 0 Å². The van der Waals surface area contributed by atoms with Gasteiger partial charge < -0.3 is 9.47 Å². The van der Waals surface area contributed by atoms with E-state index in [0.717, 1.165) is 19.4 Å². The van der Waals surface area contributed by atoms with Crippen molar-refractivity contribution in [1.82, 2.24) is 4.98 Å². The molecule has 0 aromatic carbocycles. The lowest BCUT2D eigenvalue weighted by Gasteiger charge is -2.04.